The van der Waals surface area contributed by atoms with Crippen molar-refractivity contribution in [1.29, 1.82) is 0 Å². The minimum atomic E-state index is -4.27. The van der Waals surface area contributed by atoms with E-state index in [0.29, 0.717) is 16.5 Å². The average Bonchev–Trinajstić information content (AvgIpc) is 2.93. The van der Waals surface area contributed by atoms with E-state index in [1.807, 2.05) is 24.0 Å². The zero-order valence-electron chi connectivity index (χ0n) is 21.7. The molecular weight excluding hydrogens is 508 g/mol. The van der Waals surface area contributed by atoms with Gasteiger partial charge in [0.05, 0.1) is 40.0 Å². The fourth-order valence-corrected chi connectivity index (χ4v) is 5.77. The topological polar surface area (TPSA) is 102 Å². The highest BCUT2D eigenvalue weighted by Crippen LogP contribution is 2.38. The molecule has 0 amide bonds. The zero-order valence-corrected chi connectivity index (χ0v) is 22.5. The minimum Gasteiger partial charge on any atom is -0.495 e. The second-order valence-corrected chi connectivity index (χ2v) is 10.2. The van der Waals surface area contributed by atoms with Gasteiger partial charge in [0.1, 0.15) is 17.2 Å². The number of terminal acetylenes is 1. The van der Waals surface area contributed by atoms with Crippen molar-refractivity contribution in [3.8, 4) is 18.1 Å². The number of hydrogen-bond donors (Lipinski definition) is 0. The Morgan fingerprint density at radius 3 is 2.08 bits per heavy atom. The molecule has 0 radical (unpaired) electrons. The van der Waals surface area contributed by atoms with Gasteiger partial charge in [0.2, 0.25) is 0 Å². The van der Waals surface area contributed by atoms with Crippen molar-refractivity contribution in [2.75, 3.05) is 43.6 Å². The van der Waals surface area contributed by atoms with Crippen molar-refractivity contribution < 1.29 is 32.2 Å². The Kier molecular flexibility index (Phi) is 9.20. The van der Waals surface area contributed by atoms with Crippen LogP contribution in [0.2, 0.25) is 0 Å². The summed E-state index contributed by atoms with van der Waals surface area (Å²) in [6, 6.07) is 16.4. The van der Waals surface area contributed by atoms with Crippen molar-refractivity contribution in [2.24, 2.45) is 0 Å². The molecule has 0 bridgehead atoms. The monoisotopic (exact) mass is 538 g/mol. The quantitative estimate of drug-likeness (QED) is 0.270. The van der Waals surface area contributed by atoms with Crippen LogP contribution in [-0.2, 0) is 29.1 Å². The van der Waals surface area contributed by atoms with Gasteiger partial charge in [-0.05, 0) is 31.2 Å². The molecule has 200 valence electrons. The molecule has 3 aromatic carbocycles. The SMILES string of the molecule is C#CCN(c1ccc(N(CC(=O)OC)S(=O)(=O)c2ccccc2OC)c2ccccc12)[C@@H](C)CC(=O)OC. The molecule has 3 aromatic rings. The molecule has 0 aliphatic heterocycles. The van der Waals surface area contributed by atoms with Crippen LogP contribution in [0.3, 0.4) is 0 Å². The van der Waals surface area contributed by atoms with Crippen LogP contribution >= 0.6 is 0 Å². The molecule has 0 spiro atoms. The van der Waals surface area contributed by atoms with Crippen LogP contribution in [-0.4, -0.2) is 60.8 Å². The minimum absolute atomic E-state index is 0.0970. The lowest BCUT2D eigenvalue weighted by Gasteiger charge is -2.32. The molecule has 1 atom stereocenters. The van der Waals surface area contributed by atoms with E-state index in [0.717, 1.165) is 4.31 Å². The third kappa shape index (κ3) is 5.84. The molecule has 3 rings (SSSR count). The van der Waals surface area contributed by atoms with Gasteiger partial charge in [0, 0.05) is 22.5 Å². The number of rotatable bonds is 11. The first kappa shape index (κ1) is 28.3. The fourth-order valence-electron chi connectivity index (χ4n) is 4.18. The van der Waals surface area contributed by atoms with Crippen LogP contribution in [0, 0.1) is 12.3 Å². The van der Waals surface area contributed by atoms with E-state index < -0.39 is 22.5 Å². The van der Waals surface area contributed by atoms with E-state index >= 15 is 0 Å². The number of hydrogen-bond acceptors (Lipinski definition) is 8. The van der Waals surface area contributed by atoms with Crippen LogP contribution in [0.1, 0.15) is 13.3 Å². The van der Waals surface area contributed by atoms with Gasteiger partial charge in [-0.3, -0.25) is 13.9 Å². The van der Waals surface area contributed by atoms with Crippen LogP contribution in [0.5, 0.6) is 5.75 Å². The Morgan fingerprint density at radius 1 is 0.895 bits per heavy atom. The van der Waals surface area contributed by atoms with Crippen molar-refractivity contribution in [3.05, 3.63) is 60.7 Å². The lowest BCUT2D eigenvalue weighted by atomic mass is 10.0. The molecule has 0 unspecified atom stereocenters. The Hall–Kier alpha value is -4.23. The standard InChI is InChI=1S/C28H30N2O7S/c1-6-17-29(20(2)18-27(31)36-4)23-15-16-24(22-12-8-7-11-21(22)23)30(19-28(32)37-5)38(33,34)26-14-10-9-13-25(26)35-3/h1,7-16,20H,17-19H2,2-5H3/t20-/m0/s1. The summed E-state index contributed by atoms with van der Waals surface area (Å²) < 4.78 is 43.8. The highest BCUT2D eigenvalue weighted by molar-refractivity contribution is 7.93. The van der Waals surface area contributed by atoms with E-state index in [4.69, 9.17) is 20.6 Å². The number of carbonyl (C=O) groups excluding carboxylic acids is 2. The van der Waals surface area contributed by atoms with E-state index in [1.54, 1.807) is 36.4 Å². The van der Waals surface area contributed by atoms with Crippen LogP contribution in [0.15, 0.2) is 65.6 Å². The Labute approximate surface area is 222 Å². The Balaban J connectivity index is 2.24. The van der Waals surface area contributed by atoms with Gasteiger partial charge in [0.15, 0.2) is 0 Å². The molecule has 0 fully saturated rings. The maximum Gasteiger partial charge on any atom is 0.326 e. The van der Waals surface area contributed by atoms with Gasteiger partial charge in [-0.1, -0.05) is 42.3 Å². The first-order valence-corrected chi connectivity index (χ1v) is 13.1. The molecular formula is C28H30N2O7S. The Morgan fingerprint density at radius 2 is 1.47 bits per heavy atom. The maximum absolute atomic E-state index is 13.9. The van der Waals surface area contributed by atoms with E-state index in [1.165, 1.54) is 33.5 Å². The third-order valence-corrected chi connectivity index (χ3v) is 7.88. The fraction of sp³-hybridized carbons (Fsp3) is 0.286. The summed E-state index contributed by atoms with van der Waals surface area (Å²) in [5.74, 6) is 1.64. The van der Waals surface area contributed by atoms with E-state index in [9.17, 15) is 18.0 Å². The molecule has 0 aliphatic rings. The number of anilines is 2. The number of esters is 2. The summed E-state index contributed by atoms with van der Waals surface area (Å²) in [4.78, 5) is 26.2. The van der Waals surface area contributed by atoms with Gasteiger partial charge >= 0.3 is 11.9 Å². The van der Waals surface area contributed by atoms with Crippen LogP contribution < -0.4 is 13.9 Å². The summed E-state index contributed by atoms with van der Waals surface area (Å²) in [5.41, 5.74) is 0.966. The van der Waals surface area contributed by atoms with Gasteiger partial charge in [-0.25, -0.2) is 8.42 Å². The first-order valence-electron chi connectivity index (χ1n) is 11.7. The van der Waals surface area contributed by atoms with E-state index in [2.05, 4.69) is 5.92 Å². The summed E-state index contributed by atoms with van der Waals surface area (Å²) >= 11 is 0. The number of para-hydroxylation sites is 1. The average molecular weight is 539 g/mol. The van der Waals surface area contributed by atoms with Crippen molar-refractivity contribution in [1.82, 2.24) is 0 Å². The molecule has 9 nitrogen and oxygen atoms in total. The highest BCUT2D eigenvalue weighted by atomic mass is 32.2. The summed E-state index contributed by atoms with van der Waals surface area (Å²) in [6.07, 6.45) is 5.75. The normalized spacial score (nSPS) is 11.8. The van der Waals surface area contributed by atoms with E-state index in [-0.39, 0.29) is 41.3 Å². The lowest BCUT2D eigenvalue weighted by Crippen LogP contribution is -2.37. The molecule has 0 aliphatic carbocycles. The summed E-state index contributed by atoms with van der Waals surface area (Å²) in [7, 11) is -0.384. The predicted octanol–water partition coefficient (Wildman–Crippen LogP) is 3.61. The number of sulfonamides is 1. The molecule has 0 N–H and O–H groups in total. The Bertz CT molecular complexity index is 1460. The lowest BCUT2D eigenvalue weighted by molar-refractivity contribution is -0.141. The number of fused-ring (bicyclic) bond motifs is 1. The summed E-state index contributed by atoms with van der Waals surface area (Å²) in [5, 5.41) is 1.24. The number of methoxy groups -OCH3 is 3. The van der Waals surface area contributed by atoms with Gasteiger partial charge in [-0.15, -0.1) is 6.42 Å². The predicted molar refractivity (Wildman–Crippen MR) is 146 cm³/mol. The number of ether oxygens (including phenoxy) is 3. The second kappa shape index (κ2) is 12.3. The molecule has 0 saturated heterocycles. The second-order valence-electron chi connectivity index (χ2n) is 8.35. The van der Waals surface area contributed by atoms with Gasteiger partial charge in [-0.2, -0.15) is 0 Å². The molecule has 0 heterocycles. The van der Waals surface area contributed by atoms with Gasteiger partial charge < -0.3 is 19.1 Å². The van der Waals surface area contributed by atoms with Crippen molar-refractivity contribution >= 4 is 44.1 Å². The summed E-state index contributed by atoms with van der Waals surface area (Å²) in [6.45, 7) is 1.49. The molecule has 10 heteroatoms. The van der Waals surface area contributed by atoms with Gasteiger partial charge in [0.25, 0.3) is 10.0 Å². The third-order valence-electron chi connectivity index (χ3n) is 6.08. The van der Waals surface area contributed by atoms with Crippen LogP contribution in [0.4, 0.5) is 11.4 Å². The zero-order chi connectivity index (χ0) is 27.9. The number of carbonyl (C=O) groups is 2. The smallest absolute Gasteiger partial charge is 0.326 e. The number of nitrogens with zero attached hydrogens (tertiary/aromatic N) is 2. The number of benzene rings is 3. The van der Waals surface area contributed by atoms with Crippen molar-refractivity contribution in [3.63, 3.8) is 0 Å². The molecule has 38 heavy (non-hydrogen) atoms. The van der Waals surface area contributed by atoms with Crippen molar-refractivity contribution in [2.45, 2.75) is 24.3 Å². The maximum atomic E-state index is 13.9. The van der Waals surface area contributed by atoms with Crippen LogP contribution in [0.25, 0.3) is 10.8 Å². The highest BCUT2D eigenvalue weighted by Gasteiger charge is 2.32. The molecule has 0 aromatic heterocycles. The molecule has 0 saturated carbocycles. The first-order chi connectivity index (χ1) is 18.2. The largest absolute Gasteiger partial charge is 0.495 e.